The fourth-order valence-electron chi connectivity index (χ4n) is 9.13. The summed E-state index contributed by atoms with van der Waals surface area (Å²) >= 11 is 0. The summed E-state index contributed by atoms with van der Waals surface area (Å²) in [6, 6.07) is 0. The zero-order valence-corrected chi connectivity index (χ0v) is 17.4. The third kappa shape index (κ3) is 2.38. The summed E-state index contributed by atoms with van der Waals surface area (Å²) in [5.41, 5.74) is 1.25. The van der Waals surface area contributed by atoms with Gasteiger partial charge in [-0.25, -0.2) is 0 Å². The number of hydrogen-bond donors (Lipinski definition) is 0. The monoisotopic (exact) mass is 356 g/mol. The number of allylic oxidation sites excluding steroid dienone is 1. The third-order valence-electron chi connectivity index (χ3n) is 10.4. The Balaban J connectivity index is 1.44. The number of fused-ring (bicyclic) bond motifs is 5. The van der Waals surface area contributed by atoms with Gasteiger partial charge in [-0.05, 0) is 105 Å². The van der Waals surface area contributed by atoms with Gasteiger partial charge in [-0.1, -0.05) is 32.8 Å². The van der Waals surface area contributed by atoms with Crippen molar-refractivity contribution >= 4 is 0 Å². The van der Waals surface area contributed by atoms with Gasteiger partial charge in [0.1, 0.15) is 0 Å². The van der Waals surface area contributed by atoms with Gasteiger partial charge in [-0.15, -0.1) is 6.58 Å². The van der Waals surface area contributed by atoms with E-state index in [-0.39, 0.29) is 5.60 Å². The predicted octanol–water partition coefficient (Wildman–Crippen LogP) is 6.63. The highest BCUT2D eigenvalue weighted by atomic mass is 16.6. The predicted molar refractivity (Wildman–Crippen MR) is 108 cm³/mol. The second-order valence-electron chi connectivity index (χ2n) is 11.5. The van der Waals surface area contributed by atoms with Crippen molar-refractivity contribution in [1.29, 1.82) is 0 Å². The Bertz CT molecular complexity index is 577. The normalized spacial score (nSPS) is 58.9. The van der Waals surface area contributed by atoms with Crippen LogP contribution in [0, 0.1) is 46.3 Å². The molecule has 5 fully saturated rings. The maximum Gasteiger partial charge on any atom is 0.0921 e. The number of hydrogen-bond acceptors (Lipinski definition) is 1. The van der Waals surface area contributed by atoms with Gasteiger partial charge in [0, 0.05) is 0 Å². The lowest BCUT2D eigenvalue weighted by Gasteiger charge is -2.58. The van der Waals surface area contributed by atoms with Gasteiger partial charge >= 0.3 is 0 Å². The SMILES string of the molecule is C=CC12CC[C@@H]3C(CC[C@@]4(C)C3CC[C@@H]4C3(C)CO3)[C@H]1CCC[C@H](C)C2. The van der Waals surface area contributed by atoms with E-state index in [1.54, 1.807) is 0 Å². The smallest absolute Gasteiger partial charge is 0.0921 e. The minimum Gasteiger partial charge on any atom is -0.370 e. The van der Waals surface area contributed by atoms with Crippen molar-refractivity contribution in [2.45, 2.75) is 90.6 Å². The largest absolute Gasteiger partial charge is 0.370 e. The van der Waals surface area contributed by atoms with E-state index in [1.165, 1.54) is 64.2 Å². The van der Waals surface area contributed by atoms with Crippen LogP contribution >= 0.6 is 0 Å². The molecule has 0 aromatic rings. The molecule has 26 heavy (non-hydrogen) atoms. The summed E-state index contributed by atoms with van der Waals surface area (Å²) in [4.78, 5) is 0. The molecule has 1 aliphatic heterocycles. The molecule has 0 spiro atoms. The minimum atomic E-state index is 0.230. The molecule has 5 rings (SSSR count). The molecule has 0 N–H and O–H groups in total. The molecule has 5 aliphatic rings. The molecule has 1 heteroatoms. The van der Waals surface area contributed by atoms with E-state index in [2.05, 4.69) is 33.4 Å². The maximum atomic E-state index is 5.96. The van der Waals surface area contributed by atoms with Crippen molar-refractivity contribution < 1.29 is 4.74 Å². The van der Waals surface area contributed by atoms with Crippen molar-refractivity contribution in [3.05, 3.63) is 12.7 Å². The second-order valence-corrected chi connectivity index (χ2v) is 11.5. The van der Waals surface area contributed by atoms with Crippen molar-refractivity contribution in [2.75, 3.05) is 6.61 Å². The van der Waals surface area contributed by atoms with E-state index in [4.69, 9.17) is 4.74 Å². The van der Waals surface area contributed by atoms with Crippen molar-refractivity contribution in [1.82, 2.24) is 0 Å². The molecule has 0 aromatic heterocycles. The first-order valence-corrected chi connectivity index (χ1v) is 11.7. The minimum absolute atomic E-state index is 0.230. The summed E-state index contributed by atoms with van der Waals surface area (Å²) in [6.45, 7) is 13.0. The summed E-state index contributed by atoms with van der Waals surface area (Å²) in [7, 11) is 0. The van der Waals surface area contributed by atoms with Crippen LogP contribution in [0.2, 0.25) is 0 Å². The summed E-state index contributed by atoms with van der Waals surface area (Å²) in [6.07, 6.45) is 17.0. The molecule has 1 nitrogen and oxygen atoms in total. The first-order chi connectivity index (χ1) is 12.4. The van der Waals surface area contributed by atoms with Crippen molar-refractivity contribution in [3.63, 3.8) is 0 Å². The molecule has 0 aromatic carbocycles. The molecule has 0 bridgehead atoms. The first kappa shape index (κ1) is 17.8. The van der Waals surface area contributed by atoms with Crippen LogP contribution in [0.4, 0.5) is 0 Å². The Kier molecular flexibility index (Phi) is 4.00. The summed E-state index contributed by atoms with van der Waals surface area (Å²) in [5, 5.41) is 0. The van der Waals surface area contributed by atoms with E-state index in [0.29, 0.717) is 10.8 Å². The number of epoxide rings is 1. The fraction of sp³-hybridized carbons (Fsp3) is 0.920. The lowest BCUT2D eigenvalue weighted by atomic mass is 9.47. The highest BCUT2D eigenvalue weighted by Gasteiger charge is 2.64. The van der Waals surface area contributed by atoms with E-state index in [1.807, 2.05) is 0 Å². The maximum absolute atomic E-state index is 5.96. The molecule has 0 amide bonds. The van der Waals surface area contributed by atoms with Crippen molar-refractivity contribution in [2.24, 2.45) is 46.3 Å². The lowest BCUT2D eigenvalue weighted by Crippen LogP contribution is -2.51. The van der Waals surface area contributed by atoms with Crippen LogP contribution in [0.5, 0.6) is 0 Å². The Hall–Kier alpha value is -0.300. The standard InChI is InChI=1S/C25H40O/c1-5-25-14-12-18-19(21(25)8-6-7-17(2)15-25)11-13-23(3)20(18)9-10-22(23)24(4)16-26-24/h5,17-22H,1,6-16H2,2-4H3/t17-,18+,19?,20?,21+,22-,23-,24?,25?/m0/s1. The Morgan fingerprint density at radius 3 is 2.38 bits per heavy atom. The average molecular weight is 357 g/mol. The van der Waals surface area contributed by atoms with Crippen LogP contribution in [-0.4, -0.2) is 12.2 Å². The zero-order chi connectivity index (χ0) is 18.2. The van der Waals surface area contributed by atoms with Gasteiger partial charge in [0.15, 0.2) is 0 Å². The third-order valence-corrected chi connectivity index (χ3v) is 10.4. The quantitative estimate of drug-likeness (QED) is 0.400. The molecule has 4 saturated carbocycles. The van der Waals surface area contributed by atoms with Gasteiger partial charge < -0.3 is 4.74 Å². The molecule has 1 heterocycles. The van der Waals surface area contributed by atoms with Crippen LogP contribution in [0.15, 0.2) is 12.7 Å². The van der Waals surface area contributed by atoms with E-state index in [9.17, 15) is 0 Å². The van der Waals surface area contributed by atoms with Crippen LogP contribution in [0.1, 0.15) is 85.0 Å². The van der Waals surface area contributed by atoms with E-state index in [0.717, 1.165) is 42.1 Å². The number of rotatable bonds is 2. The highest BCUT2D eigenvalue weighted by Crippen LogP contribution is 2.69. The highest BCUT2D eigenvalue weighted by molar-refractivity contribution is 5.15. The van der Waals surface area contributed by atoms with Crippen LogP contribution < -0.4 is 0 Å². The summed E-state index contributed by atoms with van der Waals surface area (Å²) < 4.78 is 5.96. The summed E-state index contributed by atoms with van der Waals surface area (Å²) in [5.74, 6) is 5.59. The van der Waals surface area contributed by atoms with Crippen molar-refractivity contribution in [3.8, 4) is 0 Å². The molecule has 4 unspecified atom stereocenters. The van der Waals surface area contributed by atoms with Crippen LogP contribution in [0.25, 0.3) is 0 Å². The zero-order valence-electron chi connectivity index (χ0n) is 17.4. The van der Waals surface area contributed by atoms with Crippen LogP contribution in [0.3, 0.4) is 0 Å². The van der Waals surface area contributed by atoms with Gasteiger partial charge in [0.05, 0.1) is 12.2 Å². The fourth-order valence-corrected chi connectivity index (χ4v) is 9.13. The topological polar surface area (TPSA) is 12.5 Å². The van der Waals surface area contributed by atoms with Crippen LogP contribution in [-0.2, 0) is 4.74 Å². The van der Waals surface area contributed by atoms with Gasteiger partial charge in [0.2, 0.25) is 0 Å². The molecule has 4 aliphatic carbocycles. The molecule has 0 radical (unpaired) electrons. The Morgan fingerprint density at radius 2 is 1.65 bits per heavy atom. The van der Waals surface area contributed by atoms with Gasteiger partial charge in [-0.3, -0.25) is 0 Å². The Morgan fingerprint density at radius 1 is 0.923 bits per heavy atom. The second kappa shape index (κ2) is 5.85. The van der Waals surface area contributed by atoms with Gasteiger partial charge in [0.25, 0.3) is 0 Å². The molecular weight excluding hydrogens is 316 g/mol. The number of ether oxygens (including phenoxy) is 1. The van der Waals surface area contributed by atoms with E-state index < -0.39 is 0 Å². The average Bonchev–Trinajstić information content (AvgIpc) is 3.29. The van der Waals surface area contributed by atoms with E-state index >= 15 is 0 Å². The molecule has 1 saturated heterocycles. The lowest BCUT2D eigenvalue weighted by molar-refractivity contribution is -0.0823. The molecular formula is C25H40O. The Labute approximate surface area is 161 Å². The molecule has 9 atom stereocenters. The van der Waals surface area contributed by atoms with Gasteiger partial charge in [-0.2, -0.15) is 0 Å². The first-order valence-electron chi connectivity index (χ1n) is 11.7. The molecule has 146 valence electrons.